The lowest BCUT2D eigenvalue weighted by molar-refractivity contribution is -0.129. The van der Waals surface area contributed by atoms with Gasteiger partial charge in [-0.25, -0.2) is 18.6 Å². The van der Waals surface area contributed by atoms with E-state index >= 15 is 0 Å². The third kappa shape index (κ3) is 3.17. The molecule has 0 atom stereocenters. The van der Waals surface area contributed by atoms with Gasteiger partial charge >= 0.3 is 5.97 Å². The zero-order chi connectivity index (χ0) is 17.1. The molecule has 3 rings (SSSR count). The average molecular weight is 329 g/mol. The molecule has 1 aliphatic rings. The van der Waals surface area contributed by atoms with Crippen LogP contribution in [0.2, 0.25) is 0 Å². The molecule has 2 aromatic rings. The van der Waals surface area contributed by atoms with Crippen molar-refractivity contribution >= 4 is 17.9 Å². The molecule has 0 N–H and O–H groups in total. The molecule has 0 fully saturated rings. The van der Waals surface area contributed by atoms with Crippen LogP contribution in [0.5, 0.6) is 5.75 Å². The maximum absolute atomic E-state index is 13.7. The number of aliphatic imine (C=N–C) groups is 1. The molecule has 4 nitrogen and oxygen atoms in total. The van der Waals surface area contributed by atoms with Crippen molar-refractivity contribution in [3.8, 4) is 5.75 Å². The Morgan fingerprint density at radius 3 is 2.75 bits per heavy atom. The molecule has 0 amide bonds. The smallest absolute Gasteiger partial charge is 0.363 e. The highest BCUT2D eigenvalue weighted by molar-refractivity contribution is 6.13. The fraction of sp³-hybridized carbons (Fsp3) is 0.111. The minimum atomic E-state index is -0.784. The number of cyclic esters (lactones) is 1. The zero-order valence-corrected chi connectivity index (χ0v) is 12.8. The second-order valence-electron chi connectivity index (χ2n) is 4.93. The molecule has 0 aromatic heterocycles. The summed E-state index contributed by atoms with van der Waals surface area (Å²) in [6, 6.07) is 10.1. The number of carbonyl (C=O) groups excluding carboxylic acids is 1. The van der Waals surface area contributed by atoms with Crippen molar-refractivity contribution < 1.29 is 23.0 Å². The van der Waals surface area contributed by atoms with E-state index in [0.717, 1.165) is 12.1 Å². The van der Waals surface area contributed by atoms with Gasteiger partial charge in [-0.2, -0.15) is 0 Å². The summed E-state index contributed by atoms with van der Waals surface area (Å²) in [5.74, 6) is -1.58. The first-order chi connectivity index (χ1) is 11.6. The topological polar surface area (TPSA) is 47.9 Å². The molecule has 2 aromatic carbocycles. The number of halogens is 2. The molecule has 1 heterocycles. The molecule has 0 saturated carbocycles. The highest BCUT2D eigenvalue weighted by Crippen LogP contribution is 2.25. The van der Waals surface area contributed by atoms with Crippen LogP contribution in [0, 0.1) is 11.6 Å². The third-order valence-electron chi connectivity index (χ3n) is 3.29. The summed E-state index contributed by atoms with van der Waals surface area (Å²) in [7, 11) is 0. The summed E-state index contributed by atoms with van der Waals surface area (Å²) in [6.45, 7) is 2.28. The van der Waals surface area contributed by atoms with Crippen molar-refractivity contribution in [3.05, 3.63) is 70.9 Å². The average Bonchev–Trinajstić information content (AvgIpc) is 2.92. The molecule has 24 heavy (non-hydrogen) atoms. The fourth-order valence-corrected chi connectivity index (χ4v) is 2.21. The molecular formula is C18H13F2NO3. The first kappa shape index (κ1) is 15.9. The number of benzene rings is 2. The highest BCUT2D eigenvalue weighted by Gasteiger charge is 2.26. The summed E-state index contributed by atoms with van der Waals surface area (Å²) >= 11 is 0. The Morgan fingerprint density at radius 2 is 2.00 bits per heavy atom. The third-order valence-corrected chi connectivity index (χ3v) is 3.29. The lowest BCUT2D eigenvalue weighted by Crippen LogP contribution is -2.07. The number of nitrogens with zero attached hydrogens (tertiary/aromatic N) is 1. The Balaban J connectivity index is 1.98. The number of carbonyl (C=O) groups is 1. The Hall–Kier alpha value is -3.02. The Morgan fingerprint density at radius 1 is 1.21 bits per heavy atom. The molecule has 0 radical (unpaired) electrons. The van der Waals surface area contributed by atoms with Crippen LogP contribution in [-0.2, 0) is 9.53 Å². The molecule has 0 bridgehead atoms. The predicted molar refractivity (Wildman–Crippen MR) is 84.6 cm³/mol. The normalized spacial score (nSPS) is 15.4. The molecule has 0 aliphatic carbocycles. The van der Waals surface area contributed by atoms with E-state index in [2.05, 4.69) is 4.99 Å². The van der Waals surface area contributed by atoms with Crippen molar-refractivity contribution in [2.45, 2.75) is 6.92 Å². The van der Waals surface area contributed by atoms with Crippen molar-refractivity contribution in [1.82, 2.24) is 0 Å². The summed E-state index contributed by atoms with van der Waals surface area (Å²) in [4.78, 5) is 16.1. The molecule has 0 unspecified atom stereocenters. The molecular weight excluding hydrogens is 316 g/mol. The van der Waals surface area contributed by atoms with E-state index in [1.54, 1.807) is 24.3 Å². The predicted octanol–water partition coefficient (Wildman–Crippen LogP) is 3.71. The monoisotopic (exact) mass is 329 g/mol. The van der Waals surface area contributed by atoms with Gasteiger partial charge in [0.15, 0.2) is 5.70 Å². The van der Waals surface area contributed by atoms with Gasteiger partial charge in [-0.15, -0.1) is 0 Å². The number of hydrogen-bond acceptors (Lipinski definition) is 4. The first-order valence-corrected chi connectivity index (χ1v) is 7.28. The van der Waals surface area contributed by atoms with Crippen LogP contribution in [-0.4, -0.2) is 18.5 Å². The number of hydrogen-bond donors (Lipinski definition) is 0. The summed E-state index contributed by atoms with van der Waals surface area (Å²) in [6.07, 6.45) is 1.22. The summed E-state index contributed by atoms with van der Waals surface area (Å²) in [5.41, 5.74) is 0.504. The van der Waals surface area contributed by atoms with Crippen molar-refractivity contribution in [1.29, 1.82) is 0 Å². The standard InChI is InChI=1S/C18H13F2NO3/c1-2-23-16-6-4-3-5-13(16)17-21-15(18(22)24-17)9-11-7-8-12(19)10-14(11)20/h3-10H,2H2,1H3/b15-9-. The molecule has 6 heteroatoms. The van der Waals surface area contributed by atoms with E-state index in [4.69, 9.17) is 9.47 Å². The van der Waals surface area contributed by atoms with Gasteiger partial charge in [0.1, 0.15) is 17.4 Å². The molecule has 1 aliphatic heterocycles. The quantitative estimate of drug-likeness (QED) is 0.635. The van der Waals surface area contributed by atoms with Gasteiger partial charge in [-0.05, 0) is 37.3 Å². The number of para-hydroxylation sites is 1. The summed E-state index contributed by atoms with van der Waals surface area (Å²) in [5, 5.41) is 0. The molecule has 122 valence electrons. The number of ether oxygens (including phenoxy) is 2. The van der Waals surface area contributed by atoms with E-state index in [1.165, 1.54) is 12.1 Å². The van der Waals surface area contributed by atoms with Crippen molar-refractivity contribution in [2.75, 3.05) is 6.61 Å². The SMILES string of the molecule is CCOc1ccccc1C1=N/C(=C\c2ccc(F)cc2F)C(=O)O1. The van der Waals surface area contributed by atoms with Gasteiger partial charge in [0.05, 0.1) is 12.2 Å². The summed E-state index contributed by atoms with van der Waals surface area (Å²) < 4.78 is 37.3. The number of esters is 1. The molecule has 0 saturated heterocycles. The van der Waals surface area contributed by atoms with Crippen LogP contribution in [0.3, 0.4) is 0 Å². The van der Waals surface area contributed by atoms with Crippen LogP contribution in [0.4, 0.5) is 8.78 Å². The Bertz CT molecular complexity index is 859. The van der Waals surface area contributed by atoms with Crippen LogP contribution < -0.4 is 4.74 Å². The van der Waals surface area contributed by atoms with Gasteiger partial charge < -0.3 is 9.47 Å². The largest absolute Gasteiger partial charge is 0.493 e. The minimum Gasteiger partial charge on any atom is -0.493 e. The van der Waals surface area contributed by atoms with E-state index < -0.39 is 17.6 Å². The van der Waals surface area contributed by atoms with Gasteiger partial charge in [-0.3, -0.25) is 0 Å². The molecule has 0 spiro atoms. The van der Waals surface area contributed by atoms with E-state index in [0.29, 0.717) is 17.9 Å². The maximum Gasteiger partial charge on any atom is 0.363 e. The lowest BCUT2D eigenvalue weighted by atomic mass is 10.1. The van der Waals surface area contributed by atoms with Crippen molar-refractivity contribution in [3.63, 3.8) is 0 Å². The number of rotatable bonds is 4. The van der Waals surface area contributed by atoms with Crippen LogP contribution in [0.25, 0.3) is 6.08 Å². The van der Waals surface area contributed by atoms with E-state index in [9.17, 15) is 13.6 Å². The Kier molecular flexibility index (Phi) is 4.37. The van der Waals surface area contributed by atoms with Crippen LogP contribution in [0.15, 0.2) is 53.2 Å². The van der Waals surface area contributed by atoms with Gasteiger partial charge in [-0.1, -0.05) is 12.1 Å². The zero-order valence-electron chi connectivity index (χ0n) is 12.8. The van der Waals surface area contributed by atoms with Gasteiger partial charge in [0, 0.05) is 11.6 Å². The first-order valence-electron chi connectivity index (χ1n) is 7.28. The van der Waals surface area contributed by atoms with Crippen LogP contribution >= 0.6 is 0 Å². The fourth-order valence-electron chi connectivity index (χ4n) is 2.21. The lowest BCUT2D eigenvalue weighted by Gasteiger charge is -2.08. The Labute approximate surface area is 137 Å². The second-order valence-corrected chi connectivity index (χ2v) is 4.93. The van der Waals surface area contributed by atoms with Gasteiger partial charge in [0.2, 0.25) is 5.90 Å². The highest BCUT2D eigenvalue weighted by atomic mass is 19.1. The minimum absolute atomic E-state index is 0.0476. The maximum atomic E-state index is 13.7. The van der Waals surface area contributed by atoms with Crippen LogP contribution in [0.1, 0.15) is 18.1 Å². The van der Waals surface area contributed by atoms with E-state index in [-0.39, 0.29) is 17.2 Å². The van der Waals surface area contributed by atoms with Gasteiger partial charge in [0.25, 0.3) is 0 Å². The van der Waals surface area contributed by atoms with E-state index in [1.807, 2.05) is 6.92 Å². The second kappa shape index (κ2) is 6.62. The van der Waals surface area contributed by atoms with Crippen molar-refractivity contribution in [2.24, 2.45) is 4.99 Å².